The number of carbonyl (C=O) groups is 3. The first kappa shape index (κ1) is 26.5. The second kappa shape index (κ2) is 10.4. The zero-order valence-electron chi connectivity index (χ0n) is 23.2. The van der Waals surface area contributed by atoms with Gasteiger partial charge in [0, 0.05) is 35.1 Å². The predicted molar refractivity (Wildman–Crippen MR) is 159 cm³/mol. The Morgan fingerprint density at radius 1 is 0.953 bits per heavy atom. The molecule has 43 heavy (non-hydrogen) atoms. The van der Waals surface area contributed by atoms with Gasteiger partial charge in [0.25, 0.3) is 11.8 Å². The molecule has 0 saturated carbocycles. The molecule has 0 radical (unpaired) electrons. The average molecular weight is 575 g/mol. The number of hydrogen-bond acceptors (Lipinski definition) is 4. The fraction of sp³-hybridized carbons (Fsp3) is 0.147. The van der Waals surface area contributed by atoms with Crippen LogP contribution >= 0.6 is 0 Å². The van der Waals surface area contributed by atoms with Gasteiger partial charge in [-0.2, -0.15) is 0 Å². The minimum absolute atomic E-state index is 0.238. The Bertz CT molecular complexity index is 1870. The molecule has 2 aliphatic heterocycles. The van der Waals surface area contributed by atoms with Crippen LogP contribution in [0.15, 0.2) is 97.1 Å². The topological polar surface area (TPSA) is 94.7 Å². The van der Waals surface area contributed by atoms with E-state index in [1.165, 1.54) is 17.0 Å². The van der Waals surface area contributed by atoms with Crippen LogP contribution in [0.25, 0.3) is 10.9 Å². The number of methoxy groups -OCH3 is 1. The molecule has 2 atom stereocenters. The van der Waals surface area contributed by atoms with Gasteiger partial charge in [0.15, 0.2) is 0 Å². The van der Waals surface area contributed by atoms with Crippen molar-refractivity contribution in [2.75, 3.05) is 12.0 Å². The lowest BCUT2D eigenvalue weighted by Gasteiger charge is -2.36. The van der Waals surface area contributed by atoms with Crippen molar-refractivity contribution in [1.29, 1.82) is 0 Å². The summed E-state index contributed by atoms with van der Waals surface area (Å²) >= 11 is 0. The maximum absolute atomic E-state index is 14.1. The third kappa shape index (κ3) is 4.50. The van der Waals surface area contributed by atoms with E-state index in [0.29, 0.717) is 23.4 Å². The highest BCUT2D eigenvalue weighted by Crippen LogP contribution is 2.45. The van der Waals surface area contributed by atoms with Crippen LogP contribution in [0.3, 0.4) is 0 Å². The number of nitrogens with one attached hydrogen (secondary N) is 2. The van der Waals surface area contributed by atoms with Crippen LogP contribution in [-0.2, 0) is 17.8 Å². The molecule has 4 amide bonds. The van der Waals surface area contributed by atoms with E-state index >= 15 is 0 Å². The van der Waals surface area contributed by atoms with E-state index in [-0.39, 0.29) is 24.2 Å². The highest BCUT2D eigenvalue weighted by atomic mass is 19.1. The van der Waals surface area contributed by atoms with Crippen molar-refractivity contribution in [2.45, 2.75) is 25.0 Å². The first-order valence-corrected chi connectivity index (χ1v) is 14.0. The molecule has 4 aromatic carbocycles. The standard InChI is InChI=1S/C34H27FN4O4/c1-43-25-16-10-21(11-17-25)31-30-27(26-4-2-3-5-28(26)37-30)18-29-33(41)38(34(42)39(29)31)24-14-8-22(9-15-24)32(40)36-19-20-6-12-23(35)13-7-20/h2-17,29,31,37H,18-19H2,1H3,(H,36,40)/t29-,31-/m0/s1. The molecule has 0 bridgehead atoms. The Kier molecular flexibility index (Phi) is 6.42. The minimum atomic E-state index is -0.690. The minimum Gasteiger partial charge on any atom is -0.497 e. The second-order valence-corrected chi connectivity index (χ2v) is 10.7. The number of imide groups is 1. The summed E-state index contributed by atoms with van der Waals surface area (Å²) in [5.74, 6) is -0.282. The molecule has 5 aromatic rings. The van der Waals surface area contributed by atoms with Gasteiger partial charge in [0.05, 0.1) is 12.8 Å². The molecule has 214 valence electrons. The van der Waals surface area contributed by atoms with Crippen molar-refractivity contribution >= 4 is 34.4 Å². The molecule has 8 nitrogen and oxygen atoms in total. The molecule has 2 aliphatic rings. The zero-order chi connectivity index (χ0) is 29.7. The van der Waals surface area contributed by atoms with Crippen molar-refractivity contribution in [3.05, 3.63) is 131 Å². The smallest absolute Gasteiger partial charge is 0.332 e. The number of urea groups is 1. The molecule has 1 saturated heterocycles. The second-order valence-electron chi connectivity index (χ2n) is 10.7. The average Bonchev–Trinajstić information content (AvgIpc) is 3.53. The summed E-state index contributed by atoms with van der Waals surface area (Å²) in [7, 11) is 1.60. The molecule has 2 N–H and O–H groups in total. The van der Waals surface area contributed by atoms with Crippen molar-refractivity contribution in [3.63, 3.8) is 0 Å². The van der Waals surface area contributed by atoms with Crippen molar-refractivity contribution in [3.8, 4) is 5.75 Å². The van der Waals surface area contributed by atoms with Gasteiger partial charge in [-0.25, -0.2) is 14.1 Å². The molecule has 7 rings (SSSR count). The number of ether oxygens (including phenoxy) is 1. The highest BCUT2D eigenvalue weighted by molar-refractivity contribution is 6.22. The number of anilines is 1. The Morgan fingerprint density at radius 2 is 1.67 bits per heavy atom. The monoisotopic (exact) mass is 574 g/mol. The van der Waals surface area contributed by atoms with Crippen molar-refractivity contribution < 1.29 is 23.5 Å². The zero-order valence-corrected chi connectivity index (χ0v) is 23.2. The van der Waals surface area contributed by atoms with Crippen LogP contribution in [-0.4, -0.2) is 40.9 Å². The van der Waals surface area contributed by atoms with Crippen LogP contribution in [0.1, 0.15) is 38.8 Å². The number of H-pyrrole nitrogens is 1. The molecule has 0 spiro atoms. The van der Waals surface area contributed by atoms with Gasteiger partial charge in [-0.3, -0.25) is 14.5 Å². The number of halogens is 1. The fourth-order valence-electron chi connectivity index (χ4n) is 6.09. The van der Waals surface area contributed by atoms with Gasteiger partial charge < -0.3 is 15.0 Å². The molecule has 3 heterocycles. The lowest BCUT2D eigenvalue weighted by molar-refractivity contribution is -0.120. The van der Waals surface area contributed by atoms with E-state index in [9.17, 15) is 18.8 Å². The first-order chi connectivity index (χ1) is 20.9. The van der Waals surface area contributed by atoms with Crippen molar-refractivity contribution in [2.24, 2.45) is 0 Å². The number of aromatic nitrogens is 1. The highest BCUT2D eigenvalue weighted by Gasteiger charge is 2.53. The molecule has 0 aliphatic carbocycles. The number of amides is 4. The number of carbonyl (C=O) groups excluding carboxylic acids is 3. The summed E-state index contributed by atoms with van der Waals surface area (Å²) in [6, 6.07) is 26.2. The number of para-hydroxylation sites is 1. The van der Waals surface area contributed by atoms with Gasteiger partial charge in [0.1, 0.15) is 23.7 Å². The molecular weight excluding hydrogens is 547 g/mol. The lowest BCUT2D eigenvalue weighted by atomic mass is 9.89. The van der Waals surface area contributed by atoms with Gasteiger partial charge in [-0.1, -0.05) is 42.5 Å². The fourth-order valence-corrected chi connectivity index (χ4v) is 6.09. The van der Waals surface area contributed by atoms with Gasteiger partial charge in [-0.15, -0.1) is 0 Å². The van der Waals surface area contributed by atoms with Gasteiger partial charge >= 0.3 is 6.03 Å². The number of fused-ring (bicyclic) bond motifs is 4. The summed E-state index contributed by atoms with van der Waals surface area (Å²) in [4.78, 5) is 47.1. The predicted octanol–water partition coefficient (Wildman–Crippen LogP) is 5.73. The maximum Gasteiger partial charge on any atom is 0.332 e. The summed E-state index contributed by atoms with van der Waals surface area (Å²) < 4.78 is 18.5. The third-order valence-corrected chi connectivity index (χ3v) is 8.23. The number of benzene rings is 4. The SMILES string of the molecule is COc1ccc([C@H]2c3[nH]c4ccccc4c3C[C@H]3C(=O)N(c4ccc(C(=O)NCc5ccc(F)cc5)cc4)C(=O)N23)cc1. The molecule has 1 fully saturated rings. The summed E-state index contributed by atoms with van der Waals surface area (Å²) in [5.41, 5.74) is 5.25. The summed E-state index contributed by atoms with van der Waals surface area (Å²) in [6.07, 6.45) is 0.386. The first-order valence-electron chi connectivity index (χ1n) is 14.0. The van der Waals surface area contributed by atoms with Crippen LogP contribution in [0.4, 0.5) is 14.9 Å². The Morgan fingerprint density at radius 3 is 2.40 bits per heavy atom. The third-order valence-electron chi connectivity index (χ3n) is 8.23. The van der Waals surface area contributed by atoms with E-state index in [0.717, 1.165) is 33.3 Å². The lowest BCUT2D eigenvalue weighted by Crippen LogP contribution is -2.44. The van der Waals surface area contributed by atoms with E-state index in [4.69, 9.17) is 4.74 Å². The number of aromatic amines is 1. The summed E-state index contributed by atoms with van der Waals surface area (Å²) in [5, 5.41) is 3.84. The normalized spacial score (nSPS) is 17.6. The Hall–Kier alpha value is -5.44. The van der Waals surface area contributed by atoms with E-state index in [2.05, 4.69) is 10.3 Å². The largest absolute Gasteiger partial charge is 0.497 e. The molecular formula is C34H27FN4O4. The summed E-state index contributed by atoms with van der Waals surface area (Å²) in [6.45, 7) is 0.238. The van der Waals surface area contributed by atoms with Gasteiger partial charge in [-0.05, 0) is 71.3 Å². The quantitative estimate of drug-likeness (QED) is 0.253. The number of rotatable bonds is 6. The van der Waals surface area contributed by atoms with Crippen molar-refractivity contribution in [1.82, 2.24) is 15.2 Å². The Labute approximate surface area is 246 Å². The van der Waals surface area contributed by atoms with Crippen LogP contribution < -0.4 is 15.0 Å². The van der Waals surface area contributed by atoms with E-state index < -0.39 is 18.1 Å². The van der Waals surface area contributed by atoms with E-state index in [1.54, 1.807) is 48.4 Å². The molecule has 1 aromatic heterocycles. The van der Waals surface area contributed by atoms with Gasteiger partial charge in [0.2, 0.25) is 0 Å². The molecule has 9 heteroatoms. The number of nitrogens with zero attached hydrogens (tertiary/aromatic N) is 2. The molecule has 0 unspecified atom stereocenters. The number of hydrogen-bond donors (Lipinski definition) is 2. The van der Waals surface area contributed by atoms with Crippen LogP contribution in [0, 0.1) is 5.82 Å². The van der Waals surface area contributed by atoms with E-state index in [1.807, 2.05) is 48.5 Å². The maximum atomic E-state index is 14.1. The Balaban J connectivity index is 1.19. The van der Waals surface area contributed by atoms with Crippen LogP contribution in [0.5, 0.6) is 5.75 Å². The van der Waals surface area contributed by atoms with Crippen LogP contribution in [0.2, 0.25) is 0 Å².